The van der Waals surface area contributed by atoms with E-state index in [2.05, 4.69) is 9.97 Å². The summed E-state index contributed by atoms with van der Waals surface area (Å²) in [4.78, 5) is 8.76. The van der Waals surface area contributed by atoms with Crippen molar-refractivity contribution in [2.75, 3.05) is 11.5 Å². The molecule has 0 amide bonds. The normalized spacial score (nSPS) is 11.1. The number of nitrogen functional groups attached to an aromatic ring is 2. The van der Waals surface area contributed by atoms with Crippen LogP contribution in [0.5, 0.6) is 0 Å². The first-order chi connectivity index (χ1) is 13.5. The lowest BCUT2D eigenvalue weighted by atomic mass is 10.2. The molecule has 2 aromatic carbocycles. The number of benzene rings is 2. The van der Waals surface area contributed by atoms with Crippen molar-refractivity contribution in [3.05, 3.63) is 60.2 Å². The maximum Gasteiger partial charge on any atom is 0.181 e. The summed E-state index contributed by atoms with van der Waals surface area (Å²) in [5, 5.41) is 0.870. The summed E-state index contributed by atoms with van der Waals surface area (Å²) in [5.74, 6) is -0.612. The smallest absolute Gasteiger partial charge is 0.181 e. The summed E-state index contributed by atoms with van der Waals surface area (Å²) >= 11 is 2.72. The summed E-state index contributed by atoms with van der Waals surface area (Å²) in [5.41, 5.74) is 14.8. The molecular formula is C18H12F2N4S4. The van der Waals surface area contributed by atoms with Crippen molar-refractivity contribution in [1.82, 2.24) is 9.97 Å². The Bertz CT molecular complexity index is 1020. The van der Waals surface area contributed by atoms with Gasteiger partial charge in [-0.2, -0.15) is 0 Å². The molecule has 0 unspecified atom stereocenters. The first kappa shape index (κ1) is 19.2. The van der Waals surface area contributed by atoms with Crippen molar-refractivity contribution < 1.29 is 8.78 Å². The van der Waals surface area contributed by atoms with Crippen LogP contribution in [-0.4, -0.2) is 9.97 Å². The summed E-state index contributed by atoms with van der Waals surface area (Å²) in [7, 11) is 2.97. The number of nitrogens with two attached hydrogens (primary N) is 2. The van der Waals surface area contributed by atoms with Gasteiger partial charge in [-0.3, -0.25) is 0 Å². The van der Waals surface area contributed by atoms with Crippen LogP contribution in [0.3, 0.4) is 0 Å². The number of aromatic nitrogens is 2. The fourth-order valence-corrected chi connectivity index (χ4v) is 7.16. The van der Waals surface area contributed by atoms with E-state index in [0.717, 1.165) is 19.5 Å². The van der Waals surface area contributed by atoms with Gasteiger partial charge in [-0.25, -0.2) is 18.7 Å². The quantitative estimate of drug-likeness (QED) is 0.354. The Labute approximate surface area is 175 Å². The predicted octanol–water partition coefficient (Wildman–Crippen LogP) is 6.18. The maximum absolute atomic E-state index is 13.2. The van der Waals surface area contributed by atoms with Crippen molar-refractivity contribution in [2.24, 2.45) is 0 Å². The fraction of sp³-hybridized carbons (Fsp3) is 0. The summed E-state index contributed by atoms with van der Waals surface area (Å²) in [6.45, 7) is 0. The van der Waals surface area contributed by atoms with Crippen LogP contribution in [0, 0.1) is 11.6 Å². The second-order valence-electron chi connectivity index (χ2n) is 5.56. The highest BCUT2D eigenvalue weighted by atomic mass is 33.1. The number of thiazole rings is 2. The van der Waals surface area contributed by atoms with E-state index < -0.39 is 0 Å². The zero-order chi connectivity index (χ0) is 19.7. The molecule has 0 aliphatic heterocycles. The molecule has 0 saturated heterocycles. The Hall–Kier alpha value is -2.14. The van der Waals surface area contributed by atoms with Crippen LogP contribution in [0.2, 0.25) is 0 Å². The van der Waals surface area contributed by atoms with Gasteiger partial charge in [0.25, 0.3) is 0 Å². The zero-order valence-corrected chi connectivity index (χ0v) is 17.3. The van der Waals surface area contributed by atoms with Crippen molar-refractivity contribution in [3.8, 4) is 22.5 Å². The number of hydrogen-bond acceptors (Lipinski definition) is 8. The molecule has 2 aromatic heterocycles. The summed E-state index contributed by atoms with van der Waals surface area (Å²) < 4.78 is 28.2. The van der Waals surface area contributed by atoms with Crippen LogP contribution in [0.15, 0.2) is 56.9 Å². The van der Waals surface area contributed by atoms with E-state index in [0.29, 0.717) is 21.7 Å². The van der Waals surface area contributed by atoms with Gasteiger partial charge in [0, 0.05) is 11.1 Å². The lowest BCUT2D eigenvalue weighted by molar-refractivity contribution is 0.627. The Morgan fingerprint density at radius 2 is 1.00 bits per heavy atom. The van der Waals surface area contributed by atoms with Crippen LogP contribution in [0.1, 0.15) is 0 Å². The number of halogens is 2. The summed E-state index contributed by atoms with van der Waals surface area (Å²) in [6.07, 6.45) is 0. The van der Waals surface area contributed by atoms with Gasteiger partial charge in [-0.15, -0.1) is 0 Å². The second-order valence-corrected chi connectivity index (χ2v) is 10.3. The van der Waals surface area contributed by atoms with E-state index in [1.807, 2.05) is 0 Å². The van der Waals surface area contributed by atoms with Crippen LogP contribution in [-0.2, 0) is 0 Å². The molecule has 28 heavy (non-hydrogen) atoms. The van der Waals surface area contributed by atoms with Crippen molar-refractivity contribution in [3.63, 3.8) is 0 Å². The van der Waals surface area contributed by atoms with E-state index in [1.165, 1.54) is 68.5 Å². The molecule has 0 radical (unpaired) electrons. The predicted molar refractivity (Wildman–Crippen MR) is 116 cm³/mol. The lowest BCUT2D eigenvalue weighted by Gasteiger charge is -2.03. The Morgan fingerprint density at radius 1 is 0.643 bits per heavy atom. The molecule has 0 saturated carbocycles. The second kappa shape index (κ2) is 8.08. The van der Waals surface area contributed by atoms with E-state index in [-0.39, 0.29) is 11.6 Å². The maximum atomic E-state index is 13.2. The molecule has 142 valence electrons. The third-order valence-corrected chi connectivity index (χ3v) is 8.67. The molecule has 0 fully saturated rings. The highest BCUT2D eigenvalue weighted by Gasteiger charge is 2.17. The molecular weight excluding hydrogens is 438 g/mol. The molecule has 4 aromatic rings. The summed E-state index contributed by atoms with van der Waals surface area (Å²) in [6, 6.07) is 12.3. The van der Waals surface area contributed by atoms with Gasteiger partial charge in [0.05, 0.1) is 11.4 Å². The molecule has 4 rings (SSSR count). The molecule has 2 heterocycles. The van der Waals surface area contributed by atoms with E-state index >= 15 is 0 Å². The minimum Gasteiger partial charge on any atom is -0.375 e. The Kier molecular flexibility index (Phi) is 5.54. The van der Waals surface area contributed by atoms with Crippen LogP contribution < -0.4 is 11.5 Å². The molecule has 0 atom stereocenters. The number of rotatable bonds is 5. The first-order valence-corrected chi connectivity index (χ1v) is 11.7. The van der Waals surface area contributed by atoms with Crippen LogP contribution >= 0.6 is 44.3 Å². The molecule has 0 aliphatic rings. The van der Waals surface area contributed by atoms with Gasteiger partial charge >= 0.3 is 0 Å². The third-order valence-electron chi connectivity index (χ3n) is 3.65. The Morgan fingerprint density at radius 3 is 1.36 bits per heavy atom. The van der Waals surface area contributed by atoms with Crippen molar-refractivity contribution in [1.29, 1.82) is 0 Å². The van der Waals surface area contributed by atoms with Crippen LogP contribution in [0.25, 0.3) is 22.5 Å². The minimum absolute atomic E-state index is 0.306. The van der Waals surface area contributed by atoms with Crippen LogP contribution in [0.4, 0.5) is 19.0 Å². The molecule has 0 bridgehead atoms. The topological polar surface area (TPSA) is 77.8 Å². The van der Waals surface area contributed by atoms with E-state index in [4.69, 9.17) is 11.5 Å². The lowest BCUT2D eigenvalue weighted by Crippen LogP contribution is -1.84. The molecule has 4 nitrogen and oxygen atoms in total. The van der Waals surface area contributed by atoms with Gasteiger partial charge in [0.15, 0.2) is 10.3 Å². The standard InChI is InChI=1S/C18H12F2N4S4/c19-11-5-1-9(2-6-11)13-15(25-17(21)23-13)27-28-16-14(24-18(22)26-16)10-3-7-12(20)8-4-10/h1-8H,(H2,21,23)(H2,22,24). The van der Waals surface area contributed by atoms with Crippen molar-refractivity contribution in [2.45, 2.75) is 8.42 Å². The first-order valence-electron chi connectivity index (χ1n) is 7.88. The molecule has 0 spiro atoms. The van der Waals surface area contributed by atoms with Gasteiger partial charge in [-0.1, -0.05) is 22.7 Å². The SMILES string of the molecule is Nc1nc(-c2ccc(F)cc2)c(SSc2sc(N)nc2-c2ccc(F)cc2)s1. The van der Waals surface area contributed by atoms with Gasteiger partial charge in [-0.05, 0) is 70.1 Å². The largest absolute Gasteiger partial charge is 0.375 e. The van der Waals surface area contributed by atoms with Gasteiger partial charge < -0.3 is 11.5 Å². The van der Waals surface area contributed by atoms with E-state index in [9.17, 15) is 8.78 Å². The Balaban J connectivity index is 1.61. The van der Waals surface area contributed by atoms with Crippen molar-refractivity contribution >= 4 is 54.5 Å². The molecule has 4 N–H and O–H groups in total. The van der Waals surface area contributed by atoms with Gasteiger partial charge in [0.1, 0.15) is 20.1 Å². The average Bonchev–Trinajstić information content (AvgIpc) is 3.23. The average molecular weight is 451 g/mol. The highest BCUT2D eigenvalue weighted by Crippen LogP contribution is 2.50. The zero-order valence-electron chi connectivity index (χ0n) is 14.1. The molecule has 0 aliphatic carbocycles. The fourth-order valence-electron chi connectivity index (χ4n) is 2.41. The van der Waals surface area contributed by atoms with E-state index in [1.54, 1.807) is 24.3 Å². The molecule has 10 heteroatoms. The monoisotopic (exact) mass is 450 g/mol. The number of anilines is 2. The number of nitrogens with zero attached hydrogens (tertiary/aromatic N) is 2. The number of hydrogen-bond donors (Lipinski definition) is 2. The third kappa shape index (κ3) is 4.14. The van der Waals surface area contributed by atoms with Gasteiger partial charge in [0.2, 0.25) is 0 Å². The minimum atomic E-state index is -0.306. The highest BCUT2D eigenvalue weighted by molar-refractivity contribution is 8.77.